The minimum atomic E-state index is -0.499. The Morgan fingerprint density at radius 3 is 1.48 bits per heavy atom. The number of hydrogen-bond donors (Lipinski definition) is 0. The lowest BCUT2D eigenvalue weighted by atomic mass is 9.86. The normalized spacial score (nSPS) is 20.5. The molecule has 0 radical (unpaired) electrons. The van der Waals surface area contributed by atoms with Gasteiger partial charge in [0, 0.05) is 18.8 Å². The zero-order valence-corrected chi connectivity index (χ0v) is 12.5. The van der Waals surface area contributed by atoms with Gasteiger partial charge in [-0.05, 0) is 29.2 Å². The van der Waals surface area contributed by atoms with Gasteiger partial charge < -0.3 is 4.74 Å². The van der Waals surface area contributed by atoms with Gasteiger partial charge in [-0.15, -0.1) is 0 Å². The van der Waals surface area contributed by atoms with E-state index in [-0.39, 0.29) is 36.2 Å². The van der Waals surface area contributed by atoms with Crippen molar-refractivity contribution >= 4 is 23.5 Å². The van der Waals surface area contributed by atoms with E-state index in [0.29, 0.717) is 12.8 Å². The Hall–Kier alpha value is -2.56. The van der Waals surface area contributed by atoms with Crippen LogP contribution in [-0.2, 0) is 23.9 Å². The van der Waals surface area contributed by atoms with Crippen molar-refractivity contribution in [2.45, 2.75) is 37.5 Å². The second-order valence-electron chi connectivity index (χ2n) is 5.99. The monoisotopic (exact) mass is 312 g/mol. The van der Waals surface area contributed by atoms with E-state index < -0.39 is 11.9 Å². The predicted molar refractivity (Wildman–Crippen MR) is 80.6 cm³/mol. The molecule has 1 fully saturated rings. The summed E-state index contributed by atoms with van der Waals surface area (Å²) in [6.07, 6.45) is 3.70. The van der Waals surface area contributed by atoms with Gasteiger partial charge in [0.25, 0.3) is 0 Å². The maximum Gasteiger partial charge on any atom is 0.314 e. The van der Waals surface area contributed by atoms with E-state index in [1.807, 2.05) is 24.3 Å². The van der Waals surface area contributed by atoms with Crippen molar-refractivity contribution in [3.63, 3.8) is 0 Å². The average molecular weight is 312 g/mol. The summed E-state index contributed by atoms with van der Waals surface area (Å²) in [4.78, 5) is 46.1. The van der Waals surface area contributed by atoms with E-state index in [4.69, 9.17) is 0 Å². The zero-order valence-electron chi connectivity index (χ0n) is 12.5. The number of ketones is 2. The molecule has 0 unspecified atom stereocenters. The molecule has 118 valence electrons. The van der Waals surface area contributed by atoms with Crippen LogP contribution in [-0.4, -0.2) is 23.5 Å². The number of allylic oxidation sites excluding steroid dienone is 2. The van der Waals surface area contributed by atoms with Crippen LogP contribution in [0.15, 0.2) is 36.4 Å². The standard InChI is InChI=1S/C18H16O5/c19-15-5-6-16(20)8-13(7-15)11-1-3-12(4-2-11)14-9-17(21)23-18(22)10-14/h1-6,13-14H,7-10H2. The molecule has 0 saturated carbocycles. The minimum absolute atomic E-state index is 0.0504. The molecule has 1 aromatic rings. The maximum absolute atomic E-state index is 11.7. The first kappa shape index (κ1) is 15.3. The van der Waals surface area contributed by atoms with Gasteiger partial charge >= 0.3 is 11.9 Å². The number of hydrogen-bond acceptors (Lipinski definition) is 5. The molecule has 1 aliphatic heterocycles. The summed E-state index contributed by atoms with van der Waals surface area (Å²) < 4.78 is 4.53. The smallest absolute Gasteiger partial charge is 0.314 e. The third kappa shape index (κ3) is 3.62. The Kier molecular flexibility index (Phi) is 4.19. The first-order valence-electron chi connectivity index (χ1n) is 7.58. The molecule has 5 heteroatoms. The predicted octanol–water partition coefficient (Wildman–Crippen LogP) is 2.21. The summed E-state index contributed by atoms with van der Waals surface area (Å²) in [5.41, 5.74) is 1.81. The quantitative estimate of drug-likeness (QED) is 0.618. The molecule has 0 spiro atoms. The van der Waals surface area contributed by atoms with Gasteiger partial charge in [-0.25, -0.2) is 0 Å². The van der Waals surface area contributed by atoms with Crippen LogP contribution in [0.25, 0.3) is 0 Å². The molecule has 23 heavy (non-hydrogen) atoms. The van der Waals surface area contributed by atoms with Crippen LogP contribution < -0.4 is 0 Å². The molecular weight excluding hydrogens is 296 g/mol. The number of carbonyl (C=O) groups excluding carboxylic acids is 4. The van der Waals surface area contributed by atoms with Gasteiger partial charge in [0.2, 0.25) is 0 Å². The van der Waals surface area contributed by atoms with Crippen LogP contribution in [0.2, 0.25) is 0 Å². The van der Waals surface area contributed by atoms with Crippen molar-refractivity contribution in [1.29, 1.82) is 0 Å². The van der Waals surface area contributed by atoms with E-state index in [2.05, 4.69) is 4.74 Å². The SMILES string of the molecule is O=C1C=CC(=O)CC(c2ccc(C3CC(=O)OC(=O)C3)cc2)C1. The summed E-state index contributed by atoms with van der Waals surface area (Å²) in [6.45, 7) is 0. The highest BCUT2D eigenvalue weighted by atomic mass is 16.6. The molecule has 0 atom stereocenters. The molecule has 3 rings (SSSR count). The van der Waals surface area contributed by atoms with Crippen LogP contribution in [0.1, 0.15) is 48.6 Å². The number of ether oxygens (including phenoxy) is 1. The van der Waals surface area contributed by atoms with Gasteiger partial charge in [0.05, 0.1) is 12.8 Å². The number of rotatable bonds is 2. The zero-order chi connectivity index (χ0) is 16.4. The van der Waals surface area contributed by atoms with Crippen LogP contribution in [0.3, 0.4) is 0 Å². The highest BCUT2D eigenvalue weighted by molar-refractivity contribution is 6.01. The molecule has 0 N–H and O–H groups in total. The minimum Gasteiger partial charge on any atom is -0.393 e. The van der Waals surface area contributed by atoms with Gasteiger partial charge in [0.15, 0.2) is 11.6 Å². The van der Waals surface area contributed by atoms with Gasteiger partial charge in [-0.3, -0.25) is 19.2 Å². The fourth-order valence-electron chi connectivity index (χ4n) is 3.08. The molecule has 0 amide bonds. The largest absolute Gasteiger partial charge is 0.393 e. The van der Waals surface area contributed by atoms with Gasteiger partial charge in [-0.1, -0.05) is 24.3 Å². The topological polar surface area (TPSA) is 77.5 Å². The highest BCUT2D eigenvalue weighted by Gasteiger charge is 2.28. The first-order valence-corrected chi connectivity index (χ1v) is 7.58. The Bertz CT molecular complexity index is 663. The summed E-state index contributed by atoms with van der Waals surface area (Å²) in [6, 6.07) is 7.46. The first-order chi connectivity index (χ1) is 11.0. The number of benzene rings is 1. The van der Waals surface area contributed by atoms with Gasteiger partial charge in [0.1, 0.15) is 0 Å². The van der Waals surface area contributed by atoms with E-state index >= 15 is 0 Å². The van der Waals surface area contributed by atoms with E-state index in [0.717, 1.165) is 11.1 Å². The summed E-state index contributed by atoms with van der Waals surface area (Å²) in [5.74, 6) is -1.40. The third-order valence-electron chi connectivity index (χ3n) is 4.28. The second kappa shape index (κ2) is 6.28. The van der Waals surface area contributed by atoms with Crippen LogP contribution in [0, 0.1) is 0 Å². The fourth-order valence-corrected chi connectivity index (χ4v) is 3.08. The Morgan fingerprint density at radius 2 is 1.04 bits per heavy atom. The molecule has 0 aromatic heterocycles. The molecule has 2 aliphatic rings. The molecule has 5 nitrogen and oxygen atoms in total. The lowest BCUT2D eigenvalue weighted by Gasteiger charge is -2.21. The van der Waals surface area contributed by atoms with Crippen molar-refractivity contribution in [1.82, 2.24) is 0 Å². The van der Waals surface area contributed by atoms with Crippen molar-refractivity contribution in [3.05, 3.63) is 47.5 Å². The van der Waals surface area contributed by atoms with Crippen LogP contribution in [0.4, 0.5) is 0 Å². The Balaban J connectivity index is 1.76. The van der Waals surface area contributed by atoms with E-state index in [9.17, 15) is 19.2 Å². The Labute approximate surface area is 133 Å². The lowest BCUT2D eigenvalue weighted by molar-refractivity contribution is -0.164. The Morgan fingerprint density at radius 1 is 0.652 bits per heavy atom. The molecular formula is C18H16O5. The van der Waals surface area contributed by atoms with E-state index in [1.165, 1.54) is 12.2 Å². The lowest BCUT2D eigenvalue weighted by Crippen LogP contribution is -2.24. The molecule has 1 aliphatic carbocycles. The summed E-state index contributed by atoms with van der Waals surface area (Å²) in [5, 5.41) is 0. The third-order valence-corrected chi connectivity index (χ3v) is 4.28. The second-order valence-corrected chi connectivity index (χ2v) is 5.99. The summed E-state index contributed by atoms with van der Waals surface area (Å²) in [7, 11) is 0. The van der Waals surface area contributed by atoms with Crippen molar-refractivity contribution < 1.29 is 23.9 Å². The van der Waals surface area contributed by atoms with Crippen LogP contribution in [0.5, 0.6) is 0 Å². The summed E-state index contributed by atoms with van der Waals surface area (Å²) >= 11 is 0. The van der Waals surface area contributed by atoms with Crippen molar-refractivity contribution in [2.75, 3.05) is 0 Å². The molecule has 1 aromatic carbocycles. The number of cyclic esters (lactones) is 2. The van der Waals surface area contributed by atoms with Crippen molar-refractivity contribution in [2.24, 2.45) is 0 Å². The number of carbonyl (C=O) groups is 4. The van der Waals surface area contributed by atoms with E-state index in [1.54, 1.807) is 0 Å². The molecule has 1 saturated heterocycles. The molecule has 0 bridgehead atoms. The highest BCUT2D eigenvalue weighted by Crippen LogP contribution is 2.31. The average Bonchev–Trinajstić information content (AvgIpc) is 2.68. The van der Waals surface area contributed by atoms with Gasteiger partial charge in [-0.2, -0.15) is 0 Å². The maximum atomic E-state index is 11.7. The molecule has 1 heterocycles. The van der Waals surface area contributed by atoms with Crippen LogP contribution >= 0.6 is 0 Å². The number of esters is 2. The fraction of sp³-hybridized carbons (Fsp3) is 0.333. The van der Waals surface area contributed by atoms with Crippen molar-refractivity contribution in [3.8, 4) is 0 Å².